The van der Waals surface area contributed by atoms with Gasteiger partial charge in [0.05, 0.1) is 12.2 Å². The molecule has 0 N–H and O–H groups in total. The molecule has 2 heterocycles. The van der Waals surface area contributed by atoms with Crippen LogP contribution in [-0.2, 0) is 25.9 Å². The molecule has 0 atom stereocenters. The first kappa shape index (κ1) is 11.9. The number of hydrogen-bond acceptors (Lipinski definition) is 2. The number of hydrogen-bond donors (Lipinski definition) is 0. The van der Waals surface area contributed by atoms with Crippen LogP contribution in [0.4, 0.5) is 0 Å². The van der Waals surface area contributed by atoms with Crippen LogP contribution in [0.25, 0.3) is 0 Å². The van der Waals surface area contributed by atoms with Crippen molar-refractivity contribution in [3.63, 3.8) is 0 Å². The summed E-state index contributed by atoms with van der Waals surface area (Å²) in [7, 11) is 0. The summed E-state index contributed by atoms with van der Waals surface area (Å²) in [6, 6.07) is 2.21. The second-order valence-corrected chi connectivity index (χ2v) is 4.23. The Balaban J connectivity index is 2.08. The van der Waals surface area contributed by atoms with E-state index >= 15 is 0 Å². The van der Waals surface area contributed by atoms with Crippen molar-refractivity contribution in [2.45, 2.75) is 46.7 Å². The highest BCUT2D eigenvalue weighted by Crippen LogP contribution is 2.07. The van der Waals surface area contributed by atoms with Crippen LogP contribution in [-0.4, -0.2) is 19.3 Å². The van der Waals surface area contributed by atoms with E-state index in [4.69, 9.17) is 0 Å². The van der Waals surface area contributed by atoms with Gasteiger partial charge in [0.2, 0.25) is 0 Å². The molecule has 0 aliphatic rings. The van der Waals surface area contributed by atoms with Crippen LogP contribution in [0.5, 0.6) is 0 Å². The number of aromatic nitrogens is 4. The highest BCUT2D eigenvalue weighted by atomic mass is 15.3. The van der Waals surface area contributed by atoms with Gasteiger partial charge in [-0.1, -0.05) is 13.8 Å². The van der Waals surface area contributed by atoms with E-state index in [9.17, 15) is 0 Å². The third kappa shape index (κ3) is 2.57. The second-order valence-electron chi connectivity index (χ2n) is 4.23. The number of nitrogens with zero attached hydrogens (tertiary/aromatic N) is 4. The van der Waals surface area contributed by atoms with Gasteiger partial charge in [0, 0.05) is 24.6 Å². The van der Waals surface area contributed by atoms with E-state index in [1.54, 1.807) is 0 Å². The van der Waals surface area contributed by atoms with Crippen molar-refractivity contribution in [3.05, 3.63) is 35.7 Å². The van der Waals surface area contributed by atoms with Crippen molar-refractivity contribution >= 4 is 0 Å². The van der Waals surface area contributed by atoms with Crippen molar-refractivity contribution in [2.75, 3.05) is 0 Å². The van der Waals surface area contributed by atoms with Crippen molar-refractivity contribution < 1.29 is 0 Å². The van der Waals surface area contributed by atoms with Gasteiger partial charge in [-0.05, 0) is 25.8 Å². The first-order valence-electron chi connectivity index (χ1n) is 6.28. The molecule has 0 radical (unpaired) electrons. The Bertz CT molecular complexity index is 481. The van der Waals surface area contributed by atoms with Gasteiger partial charge >= 0.3 is 0 Å². The van der Waals surface area contributed by atoms with Gasteiger partial charge in [0.1, 0.15) is 5.82 Å². The molecule has 0 saturated heterocycles. The van der Waals surface area contributed by atoms with Gasteiger partial charge in [-0.15, -0.1) is 0 Å². The lowest BCUT2D eigenvalue weighted by molar-refractivity contribution is 0.508. The van der Waals surface area contributed by atoms with Crippen LogP contribution in [0.1, 0.15) is 31.1 Å². The maximum Gasteiger partial charge on any atom is 0.105 e. The van der Waals surface area contributed by atoms with Crippen molar-refractivity contribution in [1.29, 1.82) is 0 Å². The fourth-order valence-electron chi connectivity index (χ4n) is 2.01. The van der Waals surface area contributed by atoms with E-state index in [-0.39, 0.29) is 0 Å². The van der Waals surface area contributed by atoms with Crippen LogP contribution in [0.2, 0.25) is 0 Å². The molecule has 0 spiro atoms. The first-order valence-corrected chi connectivity index (χ1v) is 6.28. The minimum atomic E-state index is 0.917. The van der Waals surface area contributed by atoms with E-state index in [1.807, 2.05) is 19.3 Å². The SMILES string of the molecule is CCc1cc(CC)n(CCn2ccnc2C)n1. The monoisotopic (exact) mass is 232 g/mol. The zero-order chi connectivity index (χ0) is 12.3. The lowest BCUT2D eigenvalue weighted by Gasteiger charge is -2.07. The van der Waals surface area contributed by atoms with Crippen LogP contribution in [0.3, 0.4) is 0 Å². The Morgan fingerprint density at radius 1 is 1.18 bits per heavy atom. The van der Waals surface area contributed by atoms with Crippen LogP contribution >= 0.6 is 0 Å². The molecule has 0 unspecified atom stereocenters. The number of imidazole rings is 1. The van der Waals surface area contributed by atoms with E-state index in [0.717, 1.165) is 31.8 Å². The van der Waals surface area contributed by atoms with Gasteiger partial charge in [-0.25, -0.2) is 4.98 Å². The summed E-state index contributed by atoms with van der Waals surface area (Å²) in [6.45, 7) is 8.20. The molecule has 0 bridgehead atoms. The molecule has 2 aromatic heterocycles. The summed E-state index contributed by atoms with van der Waals surface area (Å²) in [5.41, 5.74) is 2.50. The van der Waals surface area contributed by atoms with E-state index in [0.29, 0.717) is 0 Å². The van der Waals surface area contributed by atoms with Crippen LogP contribution < -0.4 is 0 Å². The maximum atomic E-state index is 4.61. The predicted octanol–water partition coefficient (Wildman–Crippen LogP) is 2.21. The standard InChI is InChI=1S/C13H20N4/c1-4-12-10-13(5-2)17(15-12)9-8-16-7-6-14-11(16)3/h6-7,10H,4-5,8-9H2,1-3H3. The summed E-state index contributed by atoms with van der Waals surface area (Å²) in [4.78, 5) is 4.23. The predicted molar refractivity (Wildman–Crippen MR) is 67.9 cm³/mol. The van der Waals surface area contributed by atoms with E-state index in [1.165, 1.54) is 11.4 Å². The topological polar surface area (TPSA) is 35.6 Å². The van der Waals surface area contributed by atoms with Crippen molar-refractivity contribution in [1.82, 2.24) is 19.3 Å². The Labute approximate surface area is 102 Å². The van der Waals surface area contributed by atoms with Crippen LogP contribution in [0.15, 0.2) is 18.5 Å². The average Bonchev–Trinajstić information content (AvgIpc) is 2.92. The summed E-state index contributed by atoms with van der Waals surface area (Å²) < 4.78 is 4.28. The summed E-state index contributed by atoms with van der Waals surface area (Å²) in [5, 5.41) is 4.61. The normalized spacial score (nSPS) is 11.0. The molecule has 4 heteroatoms. The van der Waals surface area contributed by atoms with Gasteiger partial charge in [0.25, 0.3) is 0 Å². The Hall–Kier alpha value is -1.58. The summed E-state index contributed by atoms with van der Waals surface area (Å²) in [5.74, 6) is 1.06. The zero-order valence-electron chi connectivity index (χ0n) is 10.8. The molecule has 0 aliphatic carbocycles. The highest BCUT2D eigenvalue weighted by Gasteiger charge is 2.05. The zero-order valence-corrected chi connectivity index (χ0v) is 10.8. The molecular weight excluding hydrogens is 212 g/mol. The lowest BCUT2D eigenvalue weighted by Crippen LogP contribution is -2.11. The molecular formula is C13H20N4. The smallest absolute Gasteiger partial charge is 0.105 e. The van der Waals surface area contributed by atoms with Gasteiger partial charge in [-0.3, -0.25) is 4.68 Å². The molecule has 2 rings (SSSR count). The summed E-state index contributed by atoms with van der Waals surface area (Å²) >= 11 is 0. The largest absolute Gasteiger partial charge is 0.333 e. The number of rotatable bonds is 5. The molecule has 92 valence electrons. The van der Waals surface area contributed by atoms with Gasteiger partial charge in [0.15, 0.2) is 0 Å². The average molecular weight is 232 g/mol. The van der Waals surface area contributed by atoms with Gasteiger partial charge in [-0.2, -0.15) is 5.10 Å². The fraction of sp³-hybridized carbons (Fsp3) is 0.538. The minimum absolute atomic E-state index is 0.917. The van der Waals surface area contributed by atoms with E-state index < -0.39 is 0 Å². The summed E-state index contributed by atoms with van der Waals surface area (Å²) in [6.07, 6.45) is 5.90. The molecule has 2 aromatic rings. The lowest BCUT2D eigenvalue weighted by atomic mass is 10.2. The minimum Gasteiger partial charge on any atom is -0.333 e. The molecule has 0 aromatic carbocycles. The second kappa shape index (κ2) is 5.17. The quantitative estimate of drug-likeness (QED) is 0.792. The molecule has 0 amide bonds. The van der Waals surface area contributed by atoms with E-state index in [2.05, 4.69) is 39.2 Å². The maximum absolute atomic E-state index is 4.61. The molecule has 0 fully saturated rings. The Morgan fingerprint density at radius 2 is 2.00 bits per heavy atom. The Kier molecular flexibility index (Phi) is 3.61. The molecule has 4 nitrogen and oxygen atoms in total. The fourth-order valence-corrected chi connectivity index (χ4v) is 2.01. The highest BCUT2D eigenvalue weighted by molar-refractivity contribution is 5.10. The molecule has 17 heavy (non-hydrogen) atoms. The van der Waals surface area contributed by atoms with Crippen molar-refractivity contribution in [2.24, 2.45) is 0 Å². The Morgan fingerprint density at radius 3 is 2.59 bits per heavy atom. The molecule has 0 aliphatic heterocycles. The first-order chi connectivity index (χ1) is 8.24. The third-order valence-corrected chi connectivity index (χ3v) is 3.11. The van der Waals surface area contributed by atoms with Gasteiger partial charge < -0.3 is 4.57 Å². The number of aryl methyl sites for hydroxylation is 5. The third-order valence-electron chi connectivity index (χ3n) is 3.11. The van der Waals surface area contributed by atoms with Crippen molar-refractivity contribution in [3.8, 4) is 0 Å². The van der Waals surface area contributed by atoms with Crippen LogP contribution in [0, 0.1) is 6.92 Å². The molecule has 0 saturated carbocycles.